The van der Waals surface area contributed by atoms with Crippen LogP contribution in [0.25, 0.3) is 0 Å². The summed E-state index contributed by atoms with van der Waals surface area (Å²) in [4.78, 5) is 2.60. The predicted octanol–water partition coefficient (Wildman–Crippen LogP) is 5.16. The first-order valence-corrected chi connectivity index (χ1v) is 8.58. The molecule has 1 aliphatic carbocycles. The molecule has 0 heterocycles. The van der Waals surface area contributed by atoms with Gasteiger partial charge in [-0.1, -0.05) is 52.0 Å². The van der Waals surface area contributed by atoms with Crippen molar-refractivity contribution in [1.29, 1.82) is 0 Å². The summed E-state index contributed by atoms with van der Waals surface area (Å²) in [5, 5.41) is 3.56. The van der Waals surface area contributed by atoms with Crippen LogP contribution in [0.15, 0.2) is 56.7 Å². The highest BCUT2D eigenvalue weighted by Gasteiger charge is 2.20. The Kier molecular flexibility index (Phi) is 4.49. The Hall–Kier alpha value is -0.770. The Morgan fingerprint density at radius 2 is 2.00 bits per heavy atom. The van der Waals surface area contributed by atoms with E-state index in [9.17, 15) is 0 Å². The molecular formula is C17H18BrNS. The standard InChI is InChI=1S/C17H18BrNS/c1-12-4-2-3-5-17(12)20-15-9-6-13(16(18)10-15)11-19-14-7-8-14/h2-6,9-10,14,19H,7-8,11H2,1H3. The number of rotatable bonds is 5. The summed E-state index contributed by atoms with van der Waals surface area (Å²) in [6.45, 7) is 3.12. The normalized spacial score (nSPS) is 14.5. The van der Waals surface area contributed by atoms with Crippen molar-refractivity contribution >= 4 is 27.7 Å². The van der Waals surface area contributed by atoms with Gasteiger partial charge in [0.1, 0.15) is 0 Å². The Balaban J connectivity index is 1.71. The van der Waals surface area contributed by atoms with Crippen molar-refractivity contribution in [3.63, 3.8) is 0 Å². The van der Waals surface area contributed by atoms with Gasteiger partial charge in [0.2, 0.25) is 0 Å². The van der Waals surface area contributed by atoms with Gasteiger partial charge in [-0.15, -0.1) is 0 Å². The number of hydrogen-bond donors (Lipinski definition) is 1. The van der Waals surface area contributed by atoms with Crippen molar-refractivity contribution in [2.24, 2.45) is 0 Å². The van der Waals surface area contributed by atoms with Crippen molar-refractivity contribution in [3.05, 3.63) is 58.1 Å². The summed E-state index contributed by atoms with van der Waals surface area (Å²) in [6.07, 6.45) is 2.66. The summed E-state index contributed by atoms with van der Waals surface area (Å²) >= 11 is 5.52. The minimum absolute atomic E-state index is 0.753. The lowest BCUT2D eigenvalue weighted by Gasteiger charge is -2.09. The molecule has 0 saturated heterocycles. The van der Waals surface area contributed by atoms with E-state index in [1.807, 2.05) is 11.8 Å². The van der Waals surface area contributed by atoms with Crippen molar-refractivity contribution in [1.82, 2.24) is 5.32 Å². The largest absolute Gasteiger partial charge is 0.310 e. The molecule has 3 rings (SSSR count). The van der Waals surface area contributed by atoms with Gasteiger partial charge >= 0.3 is 0 Å². The zero-order valence-corrected chi connectivity index (χ0v) is 13.9. The number of aryl methyl sites for hydroxylation is 1. The lowest BCUT2D eigenvalue weighted by molar-refractivity contribution is 0.685. The quantitative estimate of drug-likeness (QED) is 0.801. The fourth-order valence-corrected chi connectivity index (χ4v) is 3.69. The van der Waals surface area contributed by atoms with E-state index in [1.165, 1.54) is 38.2 Å². The molecule has 0 radical (unpaired) electrons. The molecule has 2 aromatic carbocycles. The SMILES string of the molecule is Cc1ccccc1Sc1ccc(CNC2CC2)c(Br)c1. The van der Waals surface area contributed by atoms with Crippen LogP contribution in [0.3, 0.4) is 0 Å². The molecular weight excluding hydrogens is 330 g/mol. The number of hydrogen-bond acceptors (Lipinski definition) is 2. The topological polar surface area (TPSA) is 12.0 Å². The maximum absolute atomic E-state index is 3.70. The van der Waals surface area contributed by atoms with Crippen LogP contribution in [0, 0.1) is 6.92 Å². The molecule has 20 heavy (non-hydrogen) atoms. The summed E-state index contributed by atoms with van der Waals surface area (Å²) in [6, 6.07) is 15.9. The molecule has 3 heteroatoms. The van der Waals surface area contributed by atoms with Crippen LogP contribution in [0.1, 0.15) is 24.0 Å². The summed E-state index contributed by atoms with van der Waals surface area (Å²) in [7, 11) is 0. The molecule has 0 bridgehead atoms. The minimum Gasteiger partial charge on any atom is -0.310 e. The van der Waals surface area contributed by atoms with Gasteiger partial charge in [0.25, 0.3) is 0 Å². The summed E-state index contributed by atoms with van der Waals surface area (Å²) in [5.74, 6) is 0. The average molecular weight is 348 g/mol. The third-order valence-corrected chi connectivity index (χ3v) is 5.41. The fraction of sp³-hybridized carbons (Fsp3) is 0.294. The van der Waals surface area contributed by atoms with Gasteiger partial charge in [0, 0.05) is 26.9 Å². The summed E-state index contributed by atoms with van der Waals surface area (Å²) in [5.41, 5.74) is 2.67. The lowest BCUT2D eigenvalue weighted by atomic mass is 10.2. The molecule has 1 N–H and O–H groups in total. The van der Waals surface area contributed by atoms with E-state index in [1.54, 1.807) is 0 Å². The monoisotopic (exact) mass is 347 g/mol. The van der Waals surface area contributed by atoms with Gasteiger partial charge in [-0.3, -0.25) is 0 Å². The highest BCUT2D eigenvalue weighted by atomic mass is 79.9. The van der Waals surface area contributed by atoms with Crippen molar-refractivity contribution in [2.75, 3.05) is 0 Å². The molecule has 104 valence electrons. The van der Waals surface area contributed by atoms with Crippen LogP contribution in [0.4, 0.5) is 0 Å². The molecule has 0 aromatic heterocycles. The average Bonchev–Trinajstić information content (AvgIpc) is 3.25. The maximum atomic E-state index is 3.70. The maximum Gasteiger partial charge on any atom is 0.0231 e. The third-order valence-electron chi connectivity index (χ3n) is 3.50. The second-order valence-electron chi connectivity index (χ2n) is 5.28. The van der Waals surface area contributed by atoms with E-state index in [0.29, 0.717) is 0 Å². The highest BCUT2D eigenvalue weighted by Crippen LogP contribution is 2.33. The van der Waals surface area contributed by atoms with E-state index >= 15 is 0 Å². The first kappa shape index (κ1) is 14.2. The zero-order valence-electron chi connectivity index (χ0n) is 11.5. The fourth-order valence-electron chi connectivity index (χ4n) is 2.07. The number of nitrogens with one attached hydrogen (secondary N) is 1. The molecule has 0 aliphatic heterocycles. The van der Waals surface area contributed by atoms with Crippen LogP contribution < -0.4 is 5.32 Å². The number of benzene rings is 2. The molecule has 0 atom stereocenters. The highest BCUT2D eigenvalue weighted by molar-refractivity contribution is 9.10. The van der Waals surface area contributed by atoms with Gasteiger partial charge in [0.15, 0.2) is 0 Å². The van der Waals surface area contributed by atoms with Gasteiger partial charge in [-0.25, -0.2) is 0 Å². The van der Waals surface area contributed by atoms with Gasteiger partial charge in [-0.2, -0.15) is 0 Å². The molecule has 2 aromatic rings. The van der Waals surface area contributed by atoms with E-state index in [4.69, 9.17) is 0 Å². The predicted molar refractivity (Wildman–Crippen MR) is 89.3 cm³/mol. The van der Waals surface area contributed by atoms with E-state index in [-0.39, 0.29) is 0 Å². The Bertz CT molecular complexity index is 608. The zero-order chi connectivity index (χ0) is 13.9. The van der Waals surface area contributed by atoms with Gasteiger partial charge in [0.05, 0.1) is 0 Å². The Labute approximate surface area is 133 Å². The van der Waals surface area contributed by atoms with Crippen LogP contribution in [-0.2, 0) is 6.54 Å². The first-order chi connectivity index (χ1) is 9.72. The Morgan fingerprint density at radius 1 is 1.20 bits per heavy atom. The molecule has 1 fully saturated rings. The molecule has 0 spiro atoms. The second kappa shape index (κ2) is 6.33. The summed E-state index contributed by atoms with van der Waals surface area (Å²) < 4.78 is 1.20. The number of halogens is 1. The molecule has 0 unspecified atom stereocenters. The van der Waals surface area contributed by atoms with Crippen molar-refractivity contribution < 1.29 is 0 Å². The van der Waals surface area contributed by atoms with Crippen LogP contribution in [0.5, 0.6) is 0 Å². The van der Waals surface area contributed by atoms with E-state index in [2.05, 4.69) is 70.6 Å². The van der Waals surface area contributed by atoms with Crippen molar-refractivity contribution in [2.45, 2.75) is 42.1 Å². The third kappa shape index (κ3) is 3.66. The Morgan fingerprint density at radius 3 is 2.70 bits per heavy atom. The molecule has 1 nitrogen and oxygen atoms in total. The smallest absolute Gasteiger partial charge is 0.0231 e. The first-order valence-electron chi connectivity index (χ1n) is 6.97. The second-order valence-corrected chi connectivity index (χ2v) is 7.25. The van der Waals surface area contributed by atoms with Gasteiger partial charge < -0.3 is 5.32 Å². The van der Waals surface area contributed by atoms with Crippen molar-refractivity contribution in [3.8, 4) is 0 Å². The van der Waals surface area contributed by atoms with Crippen LogP contribution in [-0.4, -0.2) is 6.04 Å². The van der Waals surface area contributed by atoms with Gasteiger partial charge in [-0.05, 0) is 49.1 Å². The van der Waals surface area contributed by atoms with E-state index in [0.717, 1.165) is 12.6 Å². The van der Waals surface area contributed by atoms with E-state index < -0.39 is 0 Å². The molecule has 1 aliphatic rings. The lowest BCUT2D eigenvalue weighted by Crippen LogP contribution is -2.15. The molecule has 0 amide bonds. The van der Waals surface area contributed by atoms with Crippen LogP contribution in [0.2, 0.25) is 0 Å². The minimum atomic E-state index is 0.753. The van der Waals surface area contributed by atoms with Crippen LogP contribution >= 0.6 is 27.7 Å². The molecule has 1 saturated carbocycles.